The van der Waals surface area contributed by atoms with Crippen LogP contribution in [0.3, 0.4) is 0 Å². The molecule has 0 aromatic rings. The van der Waals surface area contributed by atoms with E-state index in [2.05, 4.69) is 11.3 Å². The van der Waals surface area contributed by atoms with Crippen molar-refractivity contribution in [2.45, 2.75) is 6.92 Å². The van der Waals surface area contributed by atoms with Crippen molar-refractivity contribution in [1.29, 1.82) is 0 Å². The van der Waals surface area contributed by atoms with E-state index in [1.165, 1.54) is 6.92 Å². The molecule has 0 bridgehead atoms. The third kappa shape index (κ3) is 5.60. The fourth-order valence-electron chi connectivity index (χ4n) is 0.336. The summed E-state index contributed by atoms with van der Waals surface area (Å²) >= 11 is 0. The molecule has 64 valence electrons. The van der Waals surface area contributed by atoms with Gasteiger partial charge in [0.15, 0.2) is 0 Å². The predicted octanol–water partition coefficient (Wildman–Crippen LogP) is -0.283. The van der Waals surface area contributed by atoms with Crippen molar-refractivity contribution in [2.75, 3.05) is 12.4 Å². The number of esters is 1. The molecule has 0 N–H and O–H groups in total. The zero-order chi connectivity index (χ0) is 8.85. The van der Waals surface area contributed by atoms with Crippen LogP contribution in [0.1, 0.15) is 6.92 Å². The number of thiol groups is 1. The third-order valence-electron chi connectivity index (χ3n) is 0.855. The van der Waals surface area contributed by atoms with Gasteiger partial charge in [0.1, 0.15) is 17.3 Å². The maximum absolute atomic E-state index is 10.6. The maximum atomic E-state index is 10.6. The molecule has 0 aromatic carbocycles. The summed E-state index contributed by atoms with van der Waals surface area (Å²) in [4.78, 5) is 10.6. The van der Waals surface area contributed by atoms with Crippen molar-refractivity contribution in [1.82, 2.24) is 0 Å². The molecule has 0 aromatic heterocycles. The van der Waals surface area contributed by atoms with Crippen LogP contribution in [0.5, 0.6) is 0 Å². The molecule has 0 rings (SSSR count). The van der Waals surface area contributed by atoms with Gasteiger partial charge < -0.3 is 4.74 Å². The van der Waals surface area contributed by atoms with Gasteiger partial charge in [0, 0.05) is 5.57 Å². The van der Waals surface area contributed by atoms with Crippen molar-refractivity contribution in [3.63, 3.8) is 0 Å². The summed E-state index contributed by atoms with van der Waals surface area (Å²) in [6.45, 7) is 4.73. The van der Waals surface area contributed by atoms with Crippen molar-refractivity contribution in [3.05, 3.63) is 12.2 Å². The zero-order valence-corrected chi connectivity index (χ0v) is 7.10. The Morgan fingerprint density at radius 2 is 2.09 bits per heavy atom. The van der Waals surface area contributed by atoms with E-state index in [9.17, 15) is 13.2 Å². The number of ether oxygens (including phenoxy) is 1. The second-order valence-corrected chi connectivity index (χ2v) is 3.09. The Balaban J connectivity index is 3.55. The molecule has 0 heterocycles. The molecule has 0 radical (unpaired) electrons. The summed E-state index contributed by atoms with van der Waals surface area (Å²) in [6, 6.07) is 0. The van der Waals surface area contributed by atoms with Crippen LogP contribution in [-0.4, -0.2) is 26.7 Å². The minimum atomic E-state index is -2.46. The molecule has 0 atom stereocenters. The van der Waals surface area contributed by atoms with Gasteiger partial charge in [-0.25, -0.2) is 13.2 Å². The van der Waals surface area contributed by atoms with Crippen LogP contribution >= 0.6 is 0 Å². The highest BCUT2D eigenvalue weighted by Gasteiger charge is 2.01. The van der Waals surface area contributed by atoms with Crippen LogP contribution in [0.2, 0.25) is 0 Å². The van der Waals surface area contributed by atoms with Crippen molar-refractivity contribution in [2.24, 2.45) is 0 Å². The monoisotopic (exact) mass is 178 g/mol. The van der Waals surface area contributed by atoms with E-state index < -0.39 is 16.7 Å². The van der Waals surface area contributed by atoms with Gasteiger partial charge in [0.2, 0.25) is 0 Å². The van der Waals surface area contributed by atoms with E-state index in [-0.39, 0.29) is 17.9 Å². The van der Waals surface area contributed by atoms with Crippen LogP contribution in [0.4, 0.5) is 0 Å². The molecule has 0 saturated carbocycles. The van der Waals surface area contributed by atoms with Gasteiger partial charge in [0.05, 0.1) is 5.75 Å². The van der Waals surface area contributed by atoms with Crippen LogP contribution in [0, 0.1) is 0 Å². The van der Waals surface area contributed by atoms with Gasteiger partial charge >= 0.3 is 5.97 Å². The first-order valence-corrected chi connectivity index (χ1v) is 4.34. The first-order valence-electron chi connectivity index (χ1n) is 2.98. The Morgan fingerprint density at radius 1 is 1.55 bits per heavy atom. The molecular formula is C6H10O4S. The topological polar surface area (TPSA) is 60.4 Å². The molecule has 0 amide bonds. The first-order chi connectivity index (χ1) is 5.04. The molecule has 11 heavy (non-hydrogen) atoms. The third-order valence-corrected chi connectivity index (χ3v) is 1.40. The normalized spacial score (nSPS) is 9.64. The molecule has 0 unspecified atom stereocenters. The number of carbonyl (C=O) groups is 1. The number of carbonyl (C=O) groups excluding carboxylic acids is 1. The summed E-state index contributed by atoms with van der Waals surface area (Å²) in [6.07, 6.45) is 0. The number of hydrogen-bond acceptors (Lipinski definition) is 4. The van der Waals surface area contributed by atoms with Gasteiger partial charge in [-0.1, -0.05) is 6.58 Å². The summed E-state index contributed by atoms with van der Waals surface area (Å²) < 4.78 is 24.4. The van der Waals surface area contributed by atoms with E-state index in [1.807, 2.05) is 0 Å². The molecule has 0 saturated heterocycles. The first kappa shape index (κ1) is 10.2. The summed E-state index contributed by atoms with van der Waals surface area (Å²) in [7, 11) is -2.46. The maximum Gasteiger partial charge on any atom is 0.333 e. The molecule has 4 nitrogen and oxygen atoms in total. The summed E-state index contributed by atoms with van der Waals surface area (Å²) in [5.41, 5.74) is 0.270. The lowest BCUT2D eigenvalue weighted by atomic mass is 10.4. The zero-order valence-electron chi connectivity index (χ0n) is 6.20. The second kappa shape index (κ2) is 4.90. The number of hydrogen-bond donors (Lipinski definition) is 1. The molecule has 5 heteroatoms. The molecule has 0 aliphatic rings. The quantitative estimate of drug-likeness (QED) is 0.365. The SMILES string of the molecule is C=C(C)C(=O)OCC[SH](=O)=O. The molecule has 0 spiro atoms. The molecule has 0 aliphatic carbocycles. The van der Waals surface area contributed by atoms with Crippen molar-refractivity contribution in [3.8, 4) is 0 Å². The van der Waals surface area contributed by atoms with Crippen LogP contribution in [0.25, 0.3) is 0 Å². The predicted molar refractivity (Wildman–Crippen MR) is 41.0 cm³/mol. The van der Waals surface area contributed by atoms with Gasteiger partial charge in [-0.05, 0) is 6.92 Å². The van der Waals surface area contributed by atoms with Gasteiger partial charge in [-0.3, -0.25) is 0 Å². The van der Waals surface area contributed by atoms with E-state index in [0.29, 0.717) is 0 Å². The Kier molecular flexibility index (Phi) is 4.52. The van der Waals surface area contributed by atoms with Crippen LogP contribution < -0.4 is 0 Å². The lowest BCUT2D eigenvalue weighted by molar-refractivity contribution is -0.138. The molecule has 0 fully saturated rings. The van der Waals surface area contributed by atoms with E-state index >= 15 is 0 Å². The Labute approximate surface area is 66.8 Å². The Hall–Kier alpha value is -0.840. The van der Waals surface area contributed by atoms with Crippen LogP contribution in [0.15, 0.2) is 12.2 Å². The number of rotatable bonds is 4. The van der Waals surface area contributed by atoms with Gasteiger partial charge in [-0.15, -0.1) is 0 Å². The Bertz CT molecular complexity index is 221. The summed E-state index contributed by atoms with van der Waals surface area (Å²) in [5, 5.41) is 0. The largest absolute Gasteiger partial charge is 0.461 e. The highest BCUT2D eigenvalue weighted by atomic mass is 32.2. The average molecular weight is 178 g/mol. The molecule has 0 aliphatic heterocycles. The summed E-state index contributed by atoms with van der Waals surface area (Å²) in [5.74, 6) is -0.684. The fourth-order valence-corrected chi connectivity index (χ4v) is 0.576. The average Bonchev–Trinajstić information content (AvgIpc) is 1.86. The van der Waals surface area contributed by atoms with Gasteiger partial charge in [-0.2, -0.15) is 0 Å². The second-order valence-electron chi connectivity index (χ2n) is 1.97. The van der Waals surface area contributed by atoms with Crippen molar-refractivity contribution < 1.29 is 17.9 Å². The Morgan fingerprint density at radius 3 is 2.45 bits per heavy atom. The van der Waals surface area contributed by atoms with E-state index in [1.54, 1.807) is 0 Å². The highest BCUT2D eigenvalue weighted by Crippen LogP contribution is 1.90. The lowest BCUT2D eigenvalue weighted by Gasteiger charge is -1.99. The highest BCUT2D eigenvalue weighted by molar-refractivity contribution is 7.72. The fraction of sp³-hybridized carbons (Fsp3) is 0.500. The standard InChI is InChI=1S/C6H10O4S/c1-5(2)6(7)10-3-4-11(8)9/h11H,1,3-4H2,2H3. The minimum Gasteiger partial charge on any atom is -0.461 e. The van der Waals surface area contributed by atoms with Gasteiger partial charge in [0.25, 0.3) is 0 Å². The minimum absolute atomic E-state index is 0.0929. The van der Waals surface area contributed by atoms with E-state index in [4.69, 9.17) is 0 Å². The molecular weight excluding hydrogens is 168 g/mol. The van der Waals surface area contributed by atoms with Crippen molar-refractivity contribution >= 4 is 16.7 Å². The smallest absolute Gasteiger partial charge is 0.333 e. The van der Waals surface area contributed by atoms with Crippen LogP contribution in [-0.2, 0) is 20.2 Å². The lowest BCUT2D eigenvalue weighted by Crippen LogP contribution is -2.09. The van der Waals surface area contributed by atoms with E-state index in [0.717, 1.165) is 0 Å².